The molecule has 0 fully saturated rings. The molecule has 0 aromatic heterocycles. The maximum absolute atomic E-state index is 10.4. The highest BCUT2D eigenvalue weighted by atomic mass is 35.5. The highest BCUT2D eigenvalue weighted by molar-refractivity contribution is 5.85. The molecule has 2 atom stereocenters. The Balaban J connectivity index is 0.00000242. The van der Waals surface area contributed by atoms with Gasteiger partial charge in [-0.3, -0.25) is 4.90 Å². The minimum Gasteiger partial charge on any atom is -0.387 e. The number of halogens is 1. The average molecular weight is 318 g/mol. The van der Waals surface area contributed by atoms with Gasteiger partial charge in [0, 0.05) is 12.6 Å². The SMILES string of the molecule is CC(C(O)c1ccccc1)N(C)CC=Cc1ccccc1.Cl. The lowest BCUT2D eigenvalue weighted by Gasteiger charge is -2.28. The number of aliphatic hydroxyl groups is 1. The molecule has 0 bridgehead atoms. The third-order valence-electron chi connectivity index (χ3n) is 3.80. The summed E-state index contributed by atoms with van der Waals surface area (Å²) in [6.45, 7) is 2.86. The van der Waals surface area contributed by atoms with Crippen LogP contribution in [0.15, 0.2) is 66.7 Å². The Morgan fingerprint density at radius 2 is 1.55 bits per heavy atom. The number of hydrogen-bond acceptors (Lipinski definition) is 2. The molecule has 0 aliphatic heterocycles. The van der Waals surface area contributed by atoms with Crippen molar-refractivity contribution in [2.75, 3.05) is 13.6 Å². The topological polar surface area (TPSA) is 23.5 Å². The van der Waals surface area contributed by atoms with Crippen molar-refractivity contribution < 1.29 is 5.11 Å². The molecular formula is C19H24ClNO. The molecule has 0 amide bonds. The van der Waals surface area contributed by atoms with E-state index in [2.05, 4.69) is 29.2 Å². The van der Waals surface area contributed by atoms with Gasteiger partial charge in [-0.2, -0.15) is 0 Å². The van der Waals surface area contributed by atoms with Crippen LogP contribution in [0, 0.1) is 0 Å². The van der Waals surface area contributed by atoms with E-state index in [0.717, 1.165) is 12.1 Å². The Labute approximate surface area is 139 Å². The molecule has 0 heterocycles. The molecule has 0 saturated heterocycles. The van der Waals surface area contributed by atoms with Crippen LogP contribution < -0.4 is 0 Å². The molecule has 2 aromatic rings. The van der Waals surface area contributed by atoms with Crippen LogP contribution in [0.1, 0.15) is 24.2 Å². The molecule has 2 rings (SSSR count). The van der Waals surface area contributed by atoms with E-state index in [4.69, 9.17) is 0 Å². The van der Waals surface area contributed by atoms with Crippen LogP contribution >= 0.6 is 12.4 Å². The second-order valence-electron chi connectivity index (χ2n) is 5.35. The lowest BCUT2D eigenvalue weighted by atomic mass is 10.0. The van der Waals surface area contributed by atoms with E-state index in [1.165, 1.54) is 5.56 Å². The molecule has 118 valence electrons. The molecule has 22 heavy (non-hydrogen) atoms. The van der Waals surface area contributed by atoms with Crippen molar-refractivity contribution in [3.05, 3.63) is 77.9 Å². The van der Waals surface area contributed by atoms with Crippen molar-refractivity contribution in [2.24, 2.45) is 0 Å². The molecular weight excluding hydrogens is 294 g/mol. The number of likely N-dealkylation sites (N-methyl/N-ethyl adjacent to an activating group) is 1. The van der Waals surface area contributed by atoms with Crippen molar-refractivity contribution in [1.29, 1.82) is 0 Å². The quantitative estimate of drug-likeness (QED) is 0.864. The molecule has 0 radical (unpaired) electrons. The fourth-order valence-corrected chi connectivity index (χ4v) is 2.26. The minimum absolute atomic E-state index is 0. The smallest absolute Gasteiger partial charge is 0.0942 e. The highest BCUT2D eigenvalue weighted by Gasteiger charge is 2.19. The summed E-state index contributed by atoms with van der Waals surface area (Å²) in [5.74, 6) is 0. The van der Waals surface area contributed by atoms with Crippen LogP contribution in [0.2, 0.25) is 0 Å². The lowest BCUT2D eigenvalue weighted by molar-refractivity contribution is 0.0787. The standard InChI is InChI=1S/C19H23NO.ClH/c1-16(19(21)18-13-7-4-8-14-18)20(2)15-9-12-17-10-5-3-6-11-17;/h3-14,16,19,21H,15H2,1-2H3;1H. The van der Waals surface area contributed by atoms with Crippen molar-refractivity contribution >= 4 is 18.5 Å². The third-order valence-corrected chi connectivity index (χ3v) is 3.80. The first-order valence-corrected chi connectivity index (χ1v) is 7.33. The van der Waals surface area contributed by atoms with Gasteiger partial charge in [-0.05, 0) is 25.1 Å². The summed E-state index contributed by atoms with van der Waals surface area (Å²) in [6, 6.07) is 20.1. The summed E-state index contributed by atoms with van der Waals surface area (Å²) < 4.78 is 0. The van der Waals surface area contributed by atoms with Crippen molar-refractivity contribution in [2.45, 2.75) is 19.1 Å². The van der Waals surface area contributed by atoms with E-state index < -0.39 is 6.10 Å². The Bertz CT molecular complexity index is 556. The van der Waals surface area contributed by atoms with E-state index in [-0.39, 0.29) is 18.4 Å². The molecule has 0 saturated carbocycles. The molecule has 0 aliphatic rings. The van der Waals surface area contributed by atoms with Gasteiger partial charge in [0.25, 0.3) is 0 Å². The number of hydrogen-bond donors (Lipinski definition) is 1. The van der Waals surface area contributed by atoms with Gasteiger partial charge in [-0.25, -0.2) is 0 Å². The first kappa shape index (κ1) is 18.4. The summed E-state index contributed by atoms with van der Waals surface area (Å²) in [5, 5.41) is 10.4. The first-order chi connectivity index (χ1) is 10.2. The Morgan fingerprint density at radius 1 is 1.00 bits per heavy atom. The van der Waals surface area contributed by atoms with Gasteiger partial charge in [-0.15, -0.1) is 12.4 Å². The average Bonchev–Trinajstić information content (AvgIpc) is 2.55. The second-order valence-corrected chi connectivity index (χ2v) is 5.35. The molecule has 1 N–H and O–H groups in total. The van der Waals surface area contributed by atoms with Crippen LogP contribution in [0.4, 0.5) is 0 Å². The van der Waals surface area contributed by atoms with Crippen LogP contribution in [0.5, 0.6) is 0 Å². The number of aliphatic hydroxyl groups excluding tert-OH is 1. The van der Waals surface area contributed by atoms with E-state index in [1.54, 1.807) is 0 Å². The molecule has 3 heteroatoms. The van der Waals surface area contributed by atoms with E-state index >= 15 is 0 Å². The number of nitrogens with zero attached hydrogens (tertiary/aromatic N) is 1. The Hall–Kier alpha value is -1.61. The summed E-state index contributed by atoms with van der Waals surface area (Å²) in [7, 11) is 2.03. The largest absolute Gasteiger partial charge is 0.387 e. The van der Waals surface area contributed by atoms with Gasteiger partial charge in [-0.1, -0.05) is 72.8 Å². The van der Waals surface area contributed by atoms with Gasteiger partial charge >= 0.3 is 0 Å². The van der Waals surface area contributed by atoms with E-state index in [1.807, 2.05) is 62.5 Å². The van der Waals surface area contributed by atoms with Crippen LogP contribution in [0.3, 0.4) is 0 Å². The highest BCUT2D eigenvalue weighted by Crippen LogP contribution is 2.19. The van der Waals surface area contributed by atoms with E-state index in [9.17, 15) is 5.11 Å². The first-order valence-electron chi connectivity index (χ1n) is 7.33. The molecule has 2 nitrogen and oxygen atoms in total. The second kappa shape index (κ2) is 9.42. The van der Waals surface area contributed by atoms with E-state index in [0.29, 0.717) is 0 Å². The minimum atomic E-state index is -0.471. The van der Waals surface area contributed by atoms with Gasteiger partial charge in [0.2, 0.25) is 0 Å². The predicted octanol–water partition coefficient (Wildman–Crippen LogP) is 4.18. The zero-order valence-electron chi connectivity index (χ0n) is 13.1. The summed E-state index contributed by atoms with van der Waals surface area (Å²) >= 11 is 0. The summed E-state index contributed by atoms with van der Waals surface area (Å²) in [6.07, 6.45) is 3.77. The van der Waals surface area contributed by atoms with Crippen molar-refractivity contribution in [3.63, 3.8) is 0 Å². The van der Waals surface area contributed by atoms with Crippen LogP contribution in [0.25, 0.3) is 6.08 Å². The van der Waals surface area contributed by atoms with Gasteiger partial charge < -0.3 is 5.11 Å². The fourth-order valence-electron chi connectivity index (χ4n) is 2.26. The van der Waals surface area contributed by atoms with Gasteiger partial charge in [0.15, 0.2) is 0 Å². The van der Waals surface area contributed by atoms with Crippen LogP contribution in [-0.2, 0) is 0 Å². The third kappa shape index (κ3) is 5.30. The normalized spacial score (nSPS) is 13.8. The molecule has 0 spiro atoms. The zero-order chi connectivity index (χ0) is 15.1. The van der Waals surface area contributed by atoms with Crippen molar-refractivity contribution in [3.8, 4) is 0 Å². The fraction of sp³-hybridized carbons (Fsp3) is 0.263. The lowest BCUT2D eigenvalue weighted by Crippen LogP contribution is -2.34. The molecule has 0 aliphatic carbocycles. The summed E-state index contributed by atoms with van der Waals surface area (Å²) in [5.41, 5.74) is 2.16. The van der Waals surface area contributed by atoms with Crippen molar-refractivity contribution in [1.82, 2.24) is 4.90 Å². The number of benzene rings is 2. The zero-order valence-corrected chi connectivity index (χ0v) is 13.9. The summed E-state index contributed by atoms with van der Waals surface area (Å²) in [4.78, 5) is 2.15. The molecule has 2 unspecified atom stereocenters. The Morgan fingerprint density at radius 3 is 2.14 bits per heavy atom. The van der Waals surface area contributed by atoms with Gasteiger partial charge in [0.1, 0.15) is 0 Å². The predicted molar refractivity (Wildman–Crippen MR) is 96.2 cm³/mol. The maximum atomic E-state index is 10.4. The monoisotopic (exact) mass is 317 g/mol. The number of rotatable bonds is 6. The Kier molecular flexibility index (Phi) is 7.89. The maximum Gasteiger partial charge on any atom is 0.0942 e. The molecule has 2 aromatic carbocycles. The van der Waals surface area contributed by atoms with Crippen LogP contribution in [-0.4, -0.2) is 29.6 Å². The van der Waals surface area contributed by atoms with Gasteiger partial charge in [0.05, 0.1) is 6.10 Å².